The third-order valence-corrected chi connectivity index (χ3v) is 9.67. The third kappa shape index (κ3) is 4.86. The number of rotatable bonds is 6. The molecule has 2 N–H and O–H groups in total. The van der Waals surface area contributed by atoms with E-state index in [0.717, 1.165) is 43.5 Å². The number of piperidine rings is 1. The van der Waals surface area contributed by atoms with E-state index >= 15 is 0 Å². The molecule has 3 aliphatic rings. The second kappa shape index (κ2) is 10.1. The van der Waals surface area contributed by atoms with Crippen LogP contribution in [0, 0.1) is 11.8 Å². The topological polar surface area (TPSA) is 126 Å². The van der Waals surface area contributed by atoms with Gasteiger partial charge in [-0.25, -0.2) is 13.2 Å². The number of amides is 1. The molecule has 3 heterocycles. The summed E-state index contributed by atoms with van der Waals surface area (Å²) in [6.45, 7) is 3.80. The molecule has 1 aromatic heterocycles. The number of fused-ring (bicyclic) bond motifs is 2. The van der Waals surface area contributed by atoms with Crippen LogP contribution in [0.15, 0.2) is 23.1 Å². The minimum atomic E-state index is -3.84. The zero-order valence-electron chi connectivity index (χ0n) is 20.5. The van der Waals surface area contributed by atoms with Crippen LogP contribution in [-0.4, -0.2) is 67.0 Å². The number of carboxylic acid groups (broad SMARTS) is 1. The predicted octanol–water partition coefficient (Wildman–Crippen LogP) is 2.75. The Labute approximate surface area is 211 Å². The molecule has 5 rings (SSSR count). The van der Waals surface area contributed by atoms with Crippen LogP contribution in [0.5, 0.6) is 0 Å². The molecule has 2 atom stereocenters. The molecule has 0 bridgehead atoms. The van der Waals surface area contributed by atoms with Crippen molar-refractivity contribution < 1.29 is 27.9 Å². The molecule has 10 heteroatoms. The smallest absolute Gasteiger partial charge is 0.336 e. The van der Waals surface area contributed by atoms with Crippen molar-refractivity contribution in [1.82, 2.24) is 14.6 Å². The summed E-state index contributed by atoms with van der Waals surface area (Å²) in [4.78, 5) is 29.6. The van der Waals surface area contributed by atoms with Crippen molar-refractivity contribution in [2.45, 2.75) is 62.9 Å². The number of sulfonamides is 1. The van der Waals surface area contributed by atoms with Crippen LogP contribution in [0.2, 0.25) is 0 Å². The van der Waals surface area contributed by atoms with Gasteiger partial charge in [-0.1, -0.05) is 6.92 Å². The number of hydrogen-bond acceptors (Lipinski definition) is 6. The van der Waals surface area contributed by atoms with Crippen molar-refractivity contribution >= 4 is 32.8 Å². The predicted molar refractivity (Wildman–Crippen MR) is 133 cm³/mol. The van der Waals surface area contributed by atoms with Crippen molar-refractivity contribution in [3.63, 3.8) is 0 Å². The molecule has 0 radical (unpaired) electrons. The summed E-state index contributed by atoms with van der Waals surface area (Å²) in [7, 11) is -3.84. The number of hydrogen-bond donors (Lipinski definition) is 2. The average Bonchev–Trinajstić information content (AvgIpc) is 3.39. The summed E-state index contributed by atoms with van der Waals surface area (Å²) in [6.07, 6.45) is 5.22. The molecule has 9 nitrogen and oxygen atoms in total. The van der Waals surface area contributed by atoms with E-state index in [4.69, 9.17) is 4.74 Å². The maximum absolute atomic E-state index is 13.5. The second-order valence-corrected chi connectivity index (χ2v) is 12.2. The third-order valence-electron chi connectivity index (χ3n) is 7.77. The molecule has 36 heavy (non-hydrogen) atoms. The lowest BCUT2D eigenvalue weighted by Crippen LogP contribution is -2.44. The molecule has 0 saturated carbocycles. The van der Waals surface area contributed by atoms with Gasteiger partial charge in [0.05, 0.1) is 22.1 Å². The number of pyridine rings is 1. The van der Waals surface area contributed by atoms with E-state index in [1.165, 1.54) is 16.4 Å². The largest absolute Gasteiger partial charge is 0.478 e. The number of aromatic carboxylic acids is 1. The fraction of sp³-hybridized carbons (Fsp3) is 0.577. The standard InChI is InChI=1S/C26H33N3O6S/c1-16-4-6-22-20(13-16)24(26(31)32)21-14-19(5-7-23(21)28-22)36(33,34)29-10-8-17(9-11-29)25(30)27-15-18-3-2-12-35-18/h5,7,14,16-18H,2-4,6,8-13,15H2,1H3,(H,27,30)(H,31,32)/t16-,18+/m0/s1. The van der Waals surface area contributed by atoms with Gasteiger partial charge in [-0.15, -0.1) is 0 Å². The molecule has 2 aliphatic heterocycles. The highest BCUT2D eigenvalue weighted by atomic mass is 32.2. The van der Waals surface area contributed by atoms with Crippen molar-refractivity contribution in [2.24, 2.45) is 11.8 Å². The van der Waals surface area contributed by atoms with Crippen molar-refractivity contribution in [1.29, 1.82) is 0 Å². The van der Waals surface area contributed by atoms with Gasteiger partial charge in [0.1, 0.15) is 0 Å². The van der Waals surface area contributed by atoms with Gasteiger partial charge in [0.2, 0.25) is 15.9 Å². The zero-order valence-corrected chi connectivity index (χ0v) is 21.3. The molecule has 0 spiro atoms. The van der Waals surface area contributed by atoms with Crippen molar-refractivity contribution in [3.05, 3.63) is 35.0 Å². The van der Waals surface area contributed by atoms with E-state index < -0.39 is 16.0 Å². The number of carbonyl (C=O) groups excluding carboxylic acids is 1. The van der Waals surface area contributed by atoms with E-state index in [1.807, 2.05) is 0 Å². The number of carboxylic acids is 1. The molecule has 194 valence electrons. The van der Waals surface area contributed by atoms with E-state index in [-0.39, 0.29) is 41.5 Å². The Kier molecular flexibility index (Phi) is 7.02. The van der Waals surface area contributed by atoms with Gasteiger partial charge in [0.15, 0.2) is 0 Å². The molecule has 1 aliphatic carbocycles. The molecule has 2 aromatic rings. The highest BCUT2D eigenvalue weighted by Gasteiger charge is 2.33. The number of aryl methyl sites for hydroxylation is 1. The zero-order chi connectivity index (χ0) is 25.4. The van der Waals surface area contributed by atoms with Gasteiger partial charge in [-0.3, -0.25) is 9.78 Å². The highest BCUT2D eigenvalue weighted by Crippen LogP contribution is 2.33. The first-order valence-electron chi connectivity index (χ1n) is 12.8. The van der Waals surface area contributed by atoms with Gasteiger partial charge in [-0.05, 0) is 74.6 Å². The van der Waals surface area contributed by atoms with Crippen LogP contribution in [-0.2, 0) is 32.4 Å². The Hall–Kier alpha value is -2.56. The van der Waals surface area contributed by atoms with Crippen molar-refractivity contribution in [3.8, 4) is 0 Å². The van der Waals surface area contributed by atoms with Gasteiger partial charge < -0.3 is 15.2 Å². The molecular weight excluding hydrogens is 482 g/mol. The summed E-state index contributed by atoms with van der Waals surface area (Å²) in [6, 6.07) is 4.58. The number of nitrogens with one attached hydrogen (secondary N) is 1. The maximum atomic E-state index is 13.5. The Morgan fingerprint density at radius 2 is 1.97 bits per heavy atom. The Morgan fingerprint density at radius 1 is 1.19 bits per heavy atom. The van der Waals surface area contributed by atoms with Crippen LogP contribution in [0.1, 0.15) is 60.6 Å². The Morgan fingerprint density at radius 3 is 2.67 bits per heavy atom. The first-order valence-corrected chi connectivity index (χ1v) is 14.3. The number of aromatic nitrogens is 1. The van der Waals surface area contributed by atoms with Crippen LogP contribution in [0.3, 0.4) is 0 Å². The molecule has 2 fully saturated rings. The van der Waals surface area contributed by atoms with Gasteiger partial charge in [0, 0.05) is 43.2 Å². The number of benzene rings is 1. The first kappa shape index (κ1) is 25.1. The summed E-state index contributed by atoms with van der Waals surface area (Å²) in [5.41, 5.74) is 2.19. The molecule has 1 amide bonds. The quantitative estimate of drug-likeness (QED) is 0.606. The minimum absolute atomic E-state index is 0.0515. The SMILES string of the molecule is C[C@H]1CCc2nc3ccc(S(=O)(=O)N4CCC(C(=O)NC[C@H]5CCCO5)CC4)cc3c(C(=O)O)c2C1. The van der Waals surface area contributed by atoms with E-state index in [0.29, 0.717) is 42.6 Å². The lowest BCUT2D eigenvalue weighted by molar-refractivity contribution is -0.126. The minimum Gasteiger partial charge on any atom is -0.478 e. The fourth-order valence-electron chi connectivity index (χ4n) is 5.67. The van der Waals surface area contributed by atoms with Crippen LogP contribution >= 0.6 is 0 Å². The Balaban J connectivity index is 1.34. The number of ether oxygens (including phenoxy) is 1. The van der Waals surface area contributed by atoms with Gasteiger partial charge in [-0.2, -0.15) is 4.31 Å². The number of carbonyl (C=O) groups is 2. The Bertz CT molecular complexity index is 1280. The van der Waals surface area contributed by atoms with E-state index in [2.05, 4.69) is 17.2 Å². The van der Waals surface area contributed by atoms with E-state index in [9.17, 15) is 23.1 Å². The molecule has 1 aromatic carbocycles. The monoisotopic (exact) mass is 515 g/mol. The van der Waals surface area contributed by atoms with E-state index in [1.54, 1.807) is 6.07 Å². The van der Waals surface area contributed by atoms with Crippen LogP contribution in [0.25, 0.3) is 10.9 Å². The fourth-order valence-corrected chi connectivity index (χ4v) is 7.17. The van der Waals surface area contributed by atoms with Crippen molar-refractivity contribution in [2.75, 3.05) is 26.2 Å². The first-order chi connectivity index (χ1) is 17.2. The average molecular weight is 516 g/mol. The summed E-state index contributed by atoms with van der Waals surface area (Å²) >= 11 is 0. The van der Waals surface area contributed by atoms with Crippen LogP contribution < -0.4 is 5.32 Å². The summed E-state index contributed by atoms with van der Waals surface area (Å²) < 4.78 is 33.9. The normalized spacial score (nSPS) is 23.5. The lowest BCUT2D eigenvalue weighted by atomic mass is 9.84. The van der Waals surface area contributed by atoms with Gasteiger partial charge in [0.25, 0.3) is 0 Å². The lowest BCUT2D eigenvalue weighted by Gasteiger charge is -2.31. The molecule has 0 unspecified atom stereocenters. The molecule has 2 saturated heterocycles. The second-order valence-electron chi connectivity index (χ2n) is 10.3. The summed E-state index contributed by atoms with van der Waals surface area (Å²) in [5, 5.41) is 13.3. The highest BCUT2D eigenvalue weighted by molar-refractivity contribution is 7.89. The molecular formula is C26H33N3O6S. The summed E-state index contributed by atoms with van der Waals surface area (Å²) in [5.74, 6) is -0.988. The number of nitrogens with zero attached hydrogens (tertiary/aromatic N) is 2. The van der Waals surface area contributed by atoms with Crippen LogP contribution in [0.4, 0.5) is 0 Å². The van der Waals surface area contributed by atoms with Gasteiger partial charge >= 0.3 is 5.97 Å². The maximum Gasteiger partial charge on any atom is 0.336 e.